The highest BCUT2D eigenvalue weighted by Gasteiger charge is 2.56. The number of nitrogens with zero attached hydrogens (tertiary/aromatic N) is 6. The van der Waals surface area contributed by atoms with Crippen molar-refractivity contribution in [1.29, 1.82) is 0 Å². The highest BCUT2D eigenvalue weighted by Crippen LogP contribution is 2.53. The Labute approximate surface area is 201 Å². The second-order valence-corrected chi connectivity index (χ2v) is 9.69. The second-order valence-electron chi connectivity index (χ2n) is 9.69. The van der Waals surface area contributed by atoms with Crippen molar-refractivity contribution in [3.8, 4) is 17.2 Å². The van der Waals surface area contributed by atoms with Crippen molar-refractivity contribution in [3.63, 3.8) is 0 Å². The lowest BCUT2D eigenvalue weighted by Gasteiger charge is -2.36. The van der Waals surface area contributed by atoms with Gasteiger partial charge in [-0.3, -0.25) is 9.59 Å². The number of likely N-dealkylation sites (tertiary alicyclic amines) is 1. The van der Waals surface area contributed by atoms with Crippen molar-refractivity contribution in [2.24, 2.45) is 5.92 Å². The Kier molecular flexibility index (Phi) is 4.24. The summed E-state index contributed by atoms with van der Waals surface area (Å²) in [7, 11) is 0. The van der Waals surface area contributed by atoms with Crippen molar-refractivity contribution >= 4 is 17.5 Å². The van der Waals surface area contributed by atoms with Gasteiger partial charge in [-0.25, -0.2) is 0 Å². The molecule has 5 heterocycles. The van der Waals surface area contributed by atoms with E-state index >= 15 is 0 Å². The fourth-order valence-electron chi connectivity index (χ4n) is 6.11. The minimum Gasteiger partial charge on any atom is -0.454 e. The maximum absolute atomic E-state index is 14.5. The van der Waals surface area contributed by atoms with Crippen LogP contribution in [0.5, 0.6) is 11.5 Å². The highest BCUT2D eigenvalue weighted by atomic mass is 16.7. The monoisotopic (exact) mass is 472 g/mol. The number of piperidine rings is 1. The van der Waals surface area contributed by atoms with Crippen LogP contribution in [-0.2, 0) is 21.4 Å². The molecule has 0 saturated carbocycles. The van der Waals surface area contributed by atoms with E-state index in [2.05, 4.69) is 15.5 Å². The normalized spacial score (nSPS) is 22.4. The quantitative estimate of drug-likeness (QED) is 0.561. The molecule has 0 bridgehead atoms. The molecule has 178 valence electrons. The molecule has 10 heteroatoms. The van der Waals surface area contributed by atoms with Gasteiger partial charge in [0.25, 0.3) is 0 Å². The lowest BCUT2D eigenvalue weighted by Crippen LogP contribution is -2.48. The number of benzene rings is 2. The summed E-state index contributed by atoms with van der Waals surface area (Å²) >= 11 is 0. The number of carbonyl (C=O) groups is 2. The van der Waals surface area contributed by atoms with E-state index in [4.69, 9.17) is 9.47 Å². The Morgan fingerprint density at radius 2 is 1.86 bits per heavy atom. The zero-order chi connectivity index (χ0) is 23.7. The molecule has 7 rings (SSSR count). The third kappa shape index (κ3) is 2.79. The van der Waals surface area contributed by atoms with E-state index in [-0.39, 0.29) is 18.6 Å². The van der Waals surface area contributed by atoms with Gasteiger partial charge < -0.3 is 19.3 Å². The Morgan fingerprint density at radius 1 is 1.09 bits per heavy atom. The number of rotatable bonds is 2. The molecular formula is C25H24N6O4. The van der Waals surface area contributed by atoms with Gasteiger partial charge in [0.05, 0.1) is 5.69 Å². The zero-order valence-corrected chi connectivity index (χ0v) is 19.3. The first-order chi connectivity index (χ1) is 17.1. The van der Waals surface area contributed by atoms with Crippen LogP contribution in [0.1, 0.15) is 36.7 Å². The summed E-state index contributed by atoms with van der Waals surface area (Å²) in [4.78, 5) is 30.1. The molecule has 1 unspecified atom stereocenters. The number of fused-ring (bicyclic) bond motifs is 7. The van der Waals surface area contributed by atoms with Gasteiger partial charge in [-0.2, -0.15) is 4.68 Å². The molecule has 1 saturated heterocycles. The molecular weight excluding hydrogens is 448 g/mol. The number of amides is 2. The van der Waals surface area contributed by atoms with Gasteiger partial charge in [-0.1, -0.05) is 18.2 Å². The average molecular weight is 473 g/mol. The van der Waals surface area contributed by atoms with E-state index in [0.29, 0.717) is 36.2 Å². The fourth-order valence-corrected chi connectivity index (χ4v) is 6.11. The number of ether oxygens (including phenoxy) is 2. The maximum atomic E-state index is 14.5. The molecule has 0 radical (unpaired) electrons. The molecule has 4 aliphatic rings. The molecule has 35 heavy (non-hydrogen) atoms. The molecule has 0 N–H and O–H groups in total. The first kappa shape index (κ1) is 20.4. The number of aromatic nitrogens is 4. The van der Waals surface area contributed by atoms with Crippen LogP contribution in [0.15, 0.2) is 36.4 Å². The number of para-hydroxylation sites is 1. The molecule has 2 amide bonds. The molecule has 1 spiro atoms. The van der Waals surface area contributed by atoms with Crippen molar-refractivity contribution in [1.82, 2.24) is 25.1 Å². The van der Waals surface area contributed by atoms with Crippen LogP contribution in [0.25, 0.3) is 5.69 Å². The van der Waals surface area contributed by atoms with Crippen LogP contribution in [0.3, 0.4) is 0 Å². The van der Waals surface area contributed by atoms with Crippen LogP contribution in [0.4, 0.5) is 5.69 Å². The SMILES string of the molecule is CC(=O)N1CCC(CN2C(=O)C3(Cc4nnnn4-c4cc5c(cc43)OCO5)c3ccccc32)CC1. The first-order valence-electron chi connectivity index (χ1n) is 11.9. The summed E-state index contributed by atoms with van der Waals surface area (Å²) in [5, 5.41) is 12.4. The van der Waals surface area contributed by atoms with Gasteiger partial charge in [-0.15, -0.1) is 5.10 Å². The first-order valence-corrected chi connectivity index (χ1v) is 11.9. The van der Waals surface area contributed by atoms with Crippen LogP contribution in [0.2, 0.25) is 0 Å². The third-order valence-corrected chi connectivity index (χ3v) is 7.90. The lowest BCUT2D eigenvalue weighted by molar-refractivity contribution is -0.130. The topological polar surface area (TPSA) is 103 Å². The minimum absolute atomic E-state index is 0.0297. The Bertz CT molecular complexity index is 1380. The number of anilines is 1. The van der Waals surface area contributed by atoms with Crippen molar-refractivity contribution in [2.75, 3.05) is 31.3 Å². The number of hydrogen-bond acceptors (Lipinski definition) is 7. The molecule has 1 atom stereocenters. The van der Waals surface area contributed by atoms with Crippen LogP contribution in [-0.4, -0.2) is 63.3 Å². The fraction of sp³-hybridized carbons (Fsp3) is 0.400. The van der Waals surface area contributed by atoms with Crippen molar-refractivity contribution in [2.45, 2.75) is 31.6 Å². The van der Waals surface area contributed by atoms with E-state index in [0.717, 1.165) is 48.4 Å². The predicted molar refractivity (Wildman–Crippen MR) is 124 cm³/mol. The average Bonchev–Trinajstić information content (AvgIpc) is 3.58. The van der Waals surface area contributed by atoms with E-state index in [1.54, 1.807) is 11.6 Å². The van der Waals surface area contributed by atoms with Crippen LogP contribution >= 0.6 is 0 Å². The minimum atomic E-state index is -0.947. The smallest absolute Gasteiger partial charge is 0.242 e. The highest BCUT2D eigenvalue weighted by molar-refractivity contribution is 6.11. The molecule has 3 aromatic rings. The van der Waals surface area contributed by atoms with Gasteiger partial charge in [-0.05, 0) is 46.9 Å². The second kappa shape index (κ2) is 7.27. The van der Waals surface area contributed by atoms with E-state index in [9.17, 15) is 9.59 Å². The Morgan fingerprint density at radius 3 is 2.66 bits per heavy atom. The van der Waals surface area contributed by atoms with Gasteiger partial charge in [0.15, 0.2) is 17.3 Å². The van der Waals surface area contributed by atoms with E-state index < -0.39 is 5.41 Å². The van der Waals surface area contributed by atoms with Gasteiger partial charge >= 0.3 is 0 Å². The molecule has 0 aliphatic carbocycles. The van der Waals surface area contributed by atoms with Gasteiger partial charge in [0.2, 0.25) is 18.6 Å². The summed E-state index contributed by atoms with van der Waals surface area (Å²) in [5.41, 5.74) is 2.50. The largest absolute Gasteiger partial charge is 0.454 e. The molecule has 4 aliphatic heterocycles. The van der Waals surface area contributed by atoms with Crippen molar-refractivity contribution < 1.29 is 19.1 Å². The standard InChI is InChI=1S/C25H24N6O4/c1-15(32)29-8-6-16(7-9-29)13-30-19-5-3-2-4-17(19)25(24(30)33)12-23-26-27-28-31(23)20-11-22-21(10-18(20)25)34-14-35-22/h2-5,10-11,16H,6-9,12-14H2,1H3. The third-order valence-electron chi connectivity index (χ3n) is 7.90. The number of tetrazole rings is 1. The molecule has 2 aromatic carbocycles. The Hall–Kier alpha value is -3.95. The van der Waals surface area contributed by atoms with Crippen LogP contribution in [0, 0.1) is 5.92 Å². The zero-order valence-electron chi connectivity index (χ0n) is 19.3. The molecule has 1 aromatic heterocycles. The number of carbonyl (C=O) groups excluding carboxylic acids is 2. The maximum Gasteiger partial charge on any atom is 0.242 e. The summed E-state index contributed by atoms with van der Waals surface area (Å²) in [6, 6.07) is 11.8. The lowest BCUT2D eigenvalue weighted by atomic mass is 9.70. The Balaban J connectivity index is 1.33. The van der Waals surface area contributed by atoms with E-state index in [1.807, 2.05) is 46.2 Å². The summed E-state index contributed by atoms with van der Waals surface area (Å²) in [6.45, 7) is 3.84. The van der Waals surface area contributed by atoms with Crippen LogP contribution < -0.4 is 14.4 Å². The number of hydrogen-bond donors (Lipinski definition) is 0. The summed E-state index contributed by atoms with van der Waals surface area (Å²) in [6.07, 6.45) is 2.12. The summed E-state index contributed by atoms with van der Waals surface area (Å²) < 4.78 is 13.0. The van der Waals surface area contributed by atoms with Gasteiger partial charge in [0.1, 0.15) is 5.41 Å². The van der Waals surface area contributed by atoms with E-state index in [1.165, 1.54) is 0 Å². The van der Waals surface area contributed by atoms with Crippen molar-refractivity contribution in [3.05, 3.63) is 53.3 Å². The molecule has 10 nitrogen and oxygen atoms in total. The summed E-state index contributed by atoms with van der Waals surface area (Å²) in [5.74, 6) is 2.34. The molecule has 1 fully saturated rings. The predicted octanol–water partition coefficient (Wildman–Crippen LogP) is 1.84. The van der Waals surface area contributed by atoms with Gasteiger partial charge in [0, 0.05) is 50.3 Å².